The molecule has 0 heterocycles. The molecular weight excluding hydrogens is 244 g/mol. The maximum absolute atomic E-state index is 10.4. The van der Waals surface area contributed by atoms with Crippen LogP contribution in [0.25, 0.3) is 0 Å². The van der Waals surface area contributed by atoms with Gasteiger partial charge in [0.05, 0.1) is 5.60 Å². The molecule has 0 bridgehead atoms. The van der Waals surface area contributed by atoms with Crippen LogP contribution in [0.15, 0.2) is 0 Å². The lowest BCUT2D eigenvalue weighted by atomic mass is 9.49. The largest absolute Gasteiger partial charge is 0.390 e. The summed E-state index contributed by atoms with van der Waals surface area (Å²) in [6.07, 6.45) is 10.5. The Balaban J connectivity index is 1.78. The van der Waals surface area contributed by atoms with Crippen LogP contribution in [0.1, 0.15) is 79.1 Å². The molecule has 3 fully saturated rings. The molecule has 1 N–H and O–H groups in total. The lowest BCUT2D eigenvalue weighted by Gasteiger charge is -2.57. The van der Waals surface area contributed by atoms with Gasteiger partial charge in [0.1, 0.15) is 0 Å². The molecule has 3 rings (SSSR count). The lowest BCUT2D eigenvalue weighted by molar-refractivity contribution is -0.0979. The van der Waals surface area contributed by atoms with E-state index in [0.717, 1.165) is 42.4 Å². The van der Waals surface area contributed by atoms with Crippen molar-refractivity contribution in [2.45, 2.75) is 84.7 Å². The van der Waals surface area contributed by atoms with Crippen molar-refractivity contribution in [2.75, 3.05) is 0 Å². The van der Waals surface area contributed by atoms with Gasteiger partial charge < -0.3 is 5.11 Å². The highest BCUT2D eigenvalue weighted by atomic mass is 16.3. The molecule has 1 heteroatoms. The Kier molecular flexibility index (Phi) is 3.72. The number of aliphatic hydroxyl groups is 1. The molecule has 0 aliphatic heterocycles. The summed E-state index contributed by atoms with van der Waals surface area (Å²) in [6.45, 7) is 9.49. The van der Waals surface area contributed by atoms with Crippen LogP contribution in [-0.2, 0) is 0 Å². The second kappa shape index (κ2) is 5.00. The fourth-order valence-corrected chi connectivity index (χ4v) is 6.44. The molecule has 0 aromatic rings. The minimum atomic E-state index is -0.369. The zero-order valence-corrected chi connectivity index (χ0v) is 14.0. The summed E-state index contributed by atoms with van der Waals surface area (Å²) in [5, 5.41) is 10.4. The third-order valence-electron chi connectivity index (χ3n) is 7.38. The van der Waals surface area contributed by atoms with E-state index in [2.05, 4.69) is 27.7 Å². The van der Waals surface area contributed by atoms with Gasteiger partial charge in [-0.25, -0.2) is 0 Å². The SMILES string of the molecule is CC[C@H]1[C@@H]2CC[C@@H]3C[C@](C)(O)CC[C@@H]3[C@H]2CCC1(C)C. The normalized spacial score (nSPS) is 51.1. The van der Waals surface area contributed by atoms with E-state index in [9.17, 15) is 5.11 Å². The first-order valence-corrected chi connectivity index (χ1v) is 9.06. The van der Waals surface area contributed by atoms with E-state index in [0.29, 0.717) is 5.41 Å². The molecule has 0 amide bonds. The van der Waals surface area contributed by atoms with E-state index < -0.39 is 0 Å². The summed E-state index contributed by atoms with van der Waals surface area (Å²) in [7, 11) is 0. The monoisotopic (exact) mass is 278 g/mol. The van der Waals surface area contributed by atoms with Crippen molar-refractivity contribution in [1.82, 2.24) is 0 Å². The Morgan fingerprint density at radius 1 is 0.900 bits per heavy atom. The van der Waals surface area contributed by atoms with Crippen LogP contribution < -0.4 is 0 Å². The summed E-state index contributed by atoms with van der Waals surface area (Å²) in [5.41, 5.74) is 0.189. The van der Waals surface area contributed by atoms with Gasteiger partial charge in [0, 0.05) is 0 Å². The van der Waals surface area contributed by atoms with Crippen LogP contribution in [0.4, 0.5) is 0 Å². The Bertz CT molecular complexity index is 357. The summed E-state index contributed by atoms with van der Waals surface area (Å²) in [4.78, 5) is 0. The van der Waals surface area contributed by atoms with E-state index >= 15 is 0 Å². The third-order valence-corrected chi connectivity index (χ3v) is 7.38. The predicted octanol–water partition coefficient (Wildman–Crippen LogP) is 5.03. The van der Waals surface area contributed by atoms with Crippen LogP contribution in [0.5, 0.6) is 0 Å². The van der Waals surface area contributed by atoms with Crippen molar-refractivity contribution in [3.8, 4) is 0 Å². The highest BCUT2D eigenvalue weighted by molar-refractivity contribution is 5.01. The van der Waals surface area contributed by atoms with Gasteiger partial charge in [-0.15, -0.1) is 0 Å². The Morgan fingerprint density at radius 2 is 1.60 bits per heavy atom. The van der Waals surface area contributed by atoms with Crippen molar-refractivity contribution in [2.24, 2.45) is 35.0 Å². The maximum atomic E-state index is 10.4. The highest BCUT2D eigenvalue weighted by Crippen LogP contribution is 2.59. The van der Waals surface area contributed by atoms with E-state index in [4.69, 9.17) is 0 Å². The Hall–Kier alpha value is -0.0400. The first-order chi connectivity index (χ1) is 9.34. The van der Waals surface area contributed by atoms with Crippen LogP contribution in [-0.4, -0.2) is 10.7 Å². The van der Waals surface area contributed by atoms with Crippen molar-refractivity contribution in [1.29, 1.82) is 0 Å². The van der Waals surface area contributed by atoms with E-state index in [1.165, 1.54) is 38.5 Å². The molecule has 6 atom stereocenters. The van der Waals surface area contributed by atoms with Gasteiger partial charge >= 0.3 is 0 Å². The molecular formula is C19H34O. The molecule has 0 unspecified atom stereocenters. The Labute approximate surface area is 125 Å². The van der Waals surface area contributed by atoms with Gasteiger partial charge in [0.15, 0.2) is 0 Å². The van der Waals surface area contributed by atoms with Crippen molar-refractivity contribution < 1.29 is 5.11 Å². The molecule has 0 radical (unpaired) electrons. The van der Waals surface area contributed by atoms with Gasteiger partial charge in [-0.2, -0.15) is 0 Å². The first-order valence-electron chi connectivity index (χ1n) is 9.06. The van der Waals surface area contributed by atoms with Crippen LogP contribution in [0, 0.1) is 35.0 Å². The second-order valence-corrected chi connectivity index (χ2v) is 9.11. The molecule has 0 saturated heterocycles. The van der Waals surface area contributed by atoms with Crippen LogP contribution in [0.2, 0.25) is 0 Å². The average molecular weight is 278 g/mol. The second-order valence-electron chi connectivity index (χ2n) is 9.11. The summed E-state index contributed by atoms with van der Waals surface area (Å²) in [5.74, 6) is 4.64. The van der Waals surface area contributed by atoms with Gasteiger partial charge in [-0.1, -0.05) is 27.2 Å². The Morgan fingerprint density at radius 3 is 2.30 bits per heavy atom. The third kappa shape index (κ3) is 2.45. The van der Waals surface area contributed by atoms with Gasteiger partial charge in [0.2, 0.25) is 0 Å². The standard InChI is InChI=1S/C19H34O/c1-5-17-16-7-6-13-12-19(4,20)11-9-14(13)15(16)8-10-18(17,2)3/h13-17,20H,5-12H2,1-4H3/t13-,14+,15-,16-,17+,19-/m1/s1. The van der Waals surface area contributed by atoms with Crippen LogP contribution in [0.3, 0.4) is 0 Å². The molecule has 3 aliphatic carbocycles. The van der Waals surface area contributed by atoms with Gasteiger partial charge in [-0.3, -0.25) is 0 Å². The number of rotatable bonds is 1. The van der Waals surface area contributed by atoms with E-state index in [1.807, 2.05) is 0 Å². The van der Waals surface area contributed by atoms with Crippen molar-refractivity contribution >= 4 is 0 Å². The van der Waals surface area contributed by atoms with E-state index in [1.54, 1.807) is 0 Å². The topological polar surface area (TPSA) is 20.2 Å². The minimum absolute atomic E-state index is 0.369. The van der Waals surface area contributed by atoms with Crippen molar-refractivity contribution in [3.63, 3.8) is 0 Å². The van der Waals surface area contributed by atoms with Crippen LogP contribution >= 0.6 is 0 Å². The average Bonchev–Trinajstić information content (AvgIpc) is 2.36. The van der Waals surface area contributed by atoms with Crippen molar-refractivity contribution in [3.05, 3.63) is 0 Å². The molecule has 0 spiro atoms. The minimum Gasteiger partial charge on any atom is -0.390 e. The summed E-state index contributed by atoms with van der Waals surface area (Å²) in [6, 6.07) is 0. The predicted molar refractivity (Wildman–Crippen MR) is 84.5 cm³/mol. The number of fused-ring (bicyclic) bond motifs is 3. The summed E-state index contributed by atoms with van der Waals surface area (Å²) >= 11 is 0. The summed E-state index contributed by atoms with van der Waals surface area (Å²) < 4.78 is 0. The zero-order valence-electron chi connectivity index (χ0n) is 14.0. The van der Waals surface area contributed by atoms with E-state index in [-0.39, 0.29) is 5.60 Å². The smallest absolute Gasteiger partial charge is 0.0622 e. The quantitative estimate of drug-likeness (QED) is 0.713. The molecule has 3 saturated carbocycles. The number of hydrogen-bond donors (Lipinski definition) is 1. The molecule has 20 heavy (non-hydrogen) atoms. The molecule has 0 aromatic heterocycles. The zero-order chi connectivity index (χ0) is 14.5. The fourth-order valence-electron chi connectivity index (χ4n) is 6.44. The molecule has 3 aliphatic rings. The molecule has 116 valence electrons. The fraction of sp³-hybridized carbons (Fsp3) is 1.00. The maximum Gasteiger partial charge on any atom is 0.0622 e. The highest BCUT2D eigenvalue weighted by Gasteiger charge is 2.51. The van der Waals surface area contributed by atoms with Gasteiger partial charge in [-0.05, 0) is 86.9 Å². The molecule has 1 nitrogen and oxygen atoms in total. The first kappa shape index (κ1) is 14.9. The molecule has 0 aromatic carbocycles. The number of hydrogen-bond acceptors (Lipinski definition) is 1. The van der Waals surface area contributed by atoms with Gasteiger partial charge in [0.25, 0.3) is 0 Å². The lowest BCUT2D eigenvalue weighted by Crippen LogP contribution is -2.50.